The second-order valence-corrected chi connectivity index (χ2v) is 8.14. The van der Waals surface area contributed by atoms with Gasteiger partial charge in [0.1, 0.15) is 11.5 Å². The zero-order valence-corrected chi connectivity index (χ0v) is 17.1. The summed E-state index contributed by atoms with van der Waals surface area (Å²) in [5.74, 6) is -4.42. The number of ether oxygens (including phenoxy) is 1. The van der Waals surface area contributed by atoms with E-state index >= 15 is 0 Å². The molecule has 1 rings (SSSR count). The molecule has 6 radical (unpaired) electrons. The molecule has 160 valence electrons. The largest absolute Gasteiger partial charge is 0.507 e. The van der Waals surface area contributed by atoms with Crippen molar-refractivity contribution in [3.63, 3.8) is 0 Å². The molecule has 0 saturated heterocycles. The van der Waals surface area contributed by atoms with Gasteiger partial charge in [0.05, 0.1) is 29.5 Å². The van der Waals surface area contributed by atoms with Gasteiger partial charge in [0.15, 0.2) is 0 Å². The van der Waals surface area contributed by atoms with Crippen LogP contribution in [-0.2, 0) is 45.0 Å². The van der Waals surface area contributed by atoms with Gasteiger partial charge in [-0.1, -0.05) is 37.5 Å². The van der Waals surface area contributed by atoms with Crippen LogP contribution in [0.15, 0.2) is 6.07 Å². The molecule has 0 saturated carbocycles. The Labute approximate surface area is 177 Å². The fourth-order valence-electron chi connectivity index (χ4n) is 2.97. The maximum atomic E-state index is 13.0. The van der Waals surface area contributed by atoms with Crippen molar-refractivity contribution in [2.24, 2.45) is 5.92 Å². The van der Waals surface area contributed by atoms with Gasteiger partial charge in [-0.2, -0.15) is 21.6 Å². The fraction of sp³-hybridized carbons (Fsp3) is 0.588. The Hall–Kier alpha value is -1.62. The molecule has 2 unspecified atom stereocenters. The van der Waals surface area contributed by atoms with Gasteiger partial charge in [0, 0.05) is 0 Å². The highest BCUT2D eigenvalue weighted by molar-refractivity contribution is 7.85. The van der Waals surface area contributed by atoms with Crippen LogP contribution >= 0.6 is 0 Å². The predicted molar refractivity (Wildman–Crippen MR) is 106 cm³/mol. The van der Waals surface area contributed by atoms with Crippen LogP contribution in [0.25, 0.3) is 0 Å². The molecule has 2 atom stereocenters. The SMILES string of the molecule is [B]Cc1cc(C[B])c(CC(CC)C(=O)OC(CS(=O)(=O)O)C(F)(F)F)c(C[B])c1O. The van der Waals surface area contributed by atoms with Crippen LogP contribution < -0.4 is 0 Å². The van der Waals surface area contributed by atoms with Crippen LogP contribution in [0.3, 0.4) is 0 Å². The first-order valence-corrected chi connectivity index (χ1v) is 10.6. The van der Waals surface area contributed by atoms with E-state index in [-0.39, 0.29) is 43.1 Å². The molecule has 2 N–H and O–H groups in total. The summed E-state index contributed by atoms with van der Waals surface area (Å²) in [5.41, 5.74) is 1.53. The van der Waals surface area contributed by atoms with Gasteiger partial charge in [-0.3, -0.25) is 9.35 Å². The van der Waals surface area contributed by atoms with Gasteiger partial charge in [-0.15, -0.1) is 0 Å². The zero-order valence-electron chi connectivity index (χ0n) is 16.3. The van der Waals surface area contributed by atoms with Crippen molar-refractivity contribution in [2.45, 2.75) is 51.0 Å². The lowest BCUT2D eigenvalue weighted by molar-refractivity contribution is -0.217. The van der Waals surface area contributed by atoms with Crippen molar-refractivity contribution < 1.29 is 40.8 Å². The lowest BCUT2D eigenvalue weighted by Gasteiger charge is -2.24. The molecule has 0 aromatic heterocycles. The summed E-state index contributed by atoms with van der Waals surface area (Å²) in [4.78, 5) is 12.4. The molecule has 1 aromatic carbocycles. The molecule has 13 heteroatoms. The Kier molecular flexibility index (Phi) is 9.35. The number of esters is 1. The number of hydrogen-bond acceptors (Lipinski definition) is 5. The summed E-state index contributed by atoms with van der Waals surface area (Å²) >= 11 is 0. The number of phenolic OH excluding ortho intramolecular Hbond substituents is 1. The molecule has 0 spiro atoms. The smallest absolute Gasteiger partial charge is 0.426 e. The monoisotopic (exact) mass is 442 g/mol. The summed E-state index contributed by atoms with van der Waals surface area (Å²) in [7, 11) is 11.9. The first kappa shape index (κ1) is 26.4. The highest BCUT2D eigenvalue weighted by Crippen LogP contribution is 2.33. The minimum absolute atomic E-state index is 0.00493. The summed E-state index contributed by atoms with van der Waals surface area (Å²) in [6.45, 7) is 1.52. The zero-order chi connectivity index (χ0) is 23.3. The Balaban J connectivity index is 3.25. The summed E-state index contributed by atoms with van der Waals surface area (Å²) < 4.78 is 74.0. The molecule has 0 heterocycles. The Morgan fingerprint density at radius 3 is 2.10 bits per heavy atom. The molecular formula is C17H20B3F3O6S. The third-order valence-corrected chi connectivity index (χ3v) is 5.32. The van der Waals surface area contributed by atoms with Crippen LogP contribution in [0.1, 0.15) is 35.6 Å². The molecule has 0 bridgehead atoms. The molecule has 6 nitrogen and oxygen atoms in total. The molecule has 0 fully saturated rings. The third kappa shape index (κ3) is 6.97. The second-order valence-electron chi connectivity index (χ2n) is 6.64. The van der Waals surface area contributed by atoms with Crippen LogP contribution in [0, 0.1) is 5.92 Å². The average Bonchev–Trinajstić information content (AvgIpc) is 2.63. The van der Waals surface area contributed by atoms with Crippen molar-refractivity contribution in [3.8, 4) is 5.75 Å². The molecule has 0 aliphatic rings. The van der Waals surface area contributed by atoms with Gasteiger partial charge < -0.3 is 9.84 Å². The van der Waals surface area contributed by atoms with Gasteiger partial charge in [0.2, 0.25) is 6.10 Å². The van der Waals surface area contributed by atoms with Crippen molar-refractivity contribution in [3.05, 3.63) is 28.3 Å². The van der Waals surface area contributed by atoms with E-state index in [2.05, 4.69) is 4.74 Å². The van der Waals surface area contributed by atoms with E-state index in [1.807, 2.05) is 0 Å². The van der Waals surface area contributed by atoms with E-state index in [1.165, 1.54) is 13.0 Å². The average molecular weight is 442 g/mol. The van der Waals surface area contributed by atoms with Gasteiger partial charge >= 0.3 is 12.1 Å². The number of benzene rings is 1. The van der Waals surface area contributed by atoms with Gasteiger partial charge in [0.25, 0.3) is 10.1 Å². The van der Waals surface area contributed by atoms with Gasteiger partial charge in [-0.25, -0.2) is 0 Å². The highest BCUT2D eigenvalue weighted by Gasteiger charge is 2.46. The van der Waals surface area contributed by atoms with E-state index in [9.17, 15) is 31.5 Å². The number of halogens is 3. The normalized spacial score (nSPS) is 14.3. The number of aromatic hydroxyl groups is 1. The standard InChI is InChI=1S/C17H20B3F3O6S/c1-2-9(16(25)29-14(17(21,22)23)8-30(26,27)28)4-12-10(5-18)3-11(6-19)15(24)13(12)7-20/h3,9,14,24H,2,4-8H2,1H3,(H,26,27,28). The van der Waals surface area contributed by atoms with Crippen molar-refractivity contribution >= 4 is 39.6 Å². The van der Waals surface area contributed by atoms with Crippen LogP contribution in [0.2, 0.25) is 0 Å². The van der Waals surface area contributed by atoms with E-state index in [0.29, 0.717) is 16.7 Å². The molecular weight excluding hydrogens is 422 g/mol. The van der Waals surface area contributed by atoms with Crippen LogP contribution in [0.5, 0.6) is 5.75 Å². The maximum absolute atomic E-state index is 13.0. The maximum Gasteiger partial charge on any atom is 0.426 e. The minimum Gasteiger partial charge on any atom is -0.507 e. The molecule has 0 aliphatic heterocycles. The second kappa shape index (κ2) is 10.6. The third-order valence-electron chi connectivity index (χ3n) is 4.60. The number of rotatable bonds is 10. The van der Waals surface area contributed by atoms with E-state index in [1.54, 1.807) is 0 Å². The summed E-state index contributed by atoms with van der Waals surface area (Å²) in [6, 6.07) is 1.53. The van der Waals surface area contributed by atoms with Crippen LogP contribution in [0.4, 0.5) is 13.2 Å². The van der Waals surface area contributed by atoms with Crippen molar-refractivity contribution in [2.75, 3.05) is 5.75 Å². The number of alkyl halides is 3. The Morgan fingerprint density at radius 1 is 1.13 bits per heavy atom. The predicted octanol–water partition coefficient (Wildman–Crippen LogP) is 1.33. The minimum atomic E-state index is -5.20. The Bertz CT molecular complexity index is 861. The number of carbonyl (C=O) groups excluding carboxylic acids is 1. The first-order valence-electron chi connectivity index (χ1n) is 8.96. The van der Waals surface area contributed by atoms with Gasteiger partial charge in [-0.05, 0) is 29.5 Å². The number of carbonyl (C=O) groups is 1. The highest BCUT2D eigenvalue weighted by atomic mass is 32.2. The number of phenols is 1. The fourth-order valence-corrected chi connectivity index (χ4v) is 3.61. The van der Waals surface area contributed by atoms with Crippen molar-refractivity contribution in [1.82, 2.24) is 0 Å². The summed E-state index contributed by atoms with van der Waals surface area (Å²) in [5, 5.41) is 10.3. The van der Waals surface area contributed by atoms with Crippen molar-refractivity contribution in [1.29, 1.82) is 0 Å². The molecule has 30 heavy (non-hydrogen) atoms. The molecule has 0 amide bonds. The lowest BCUT2D eigenvalue weighted by atomic mass is 9.78. The van der Waals surface area contributed by atoms with E-state index in [4.69, 9.17) is 28.1 Å². The van der Waals surface area contributed by atoms with E-state index in [0.717, 1.165) is 0 Å². The molecule has 0 aliphatic carbocycles. The van der Waals surface area contributed by atoms with Crippen LogP contribution in [-0.4, -0.2) is 65.6 Å². The van der Waals surface area contributed by atoms with E-state index < -0.39 is 40.0 Å². The first-order chi connectivity index (χ1) is 13.8. The Morgan fingerprint density at radius 2 is 1.70 bits per heavy atom. The summed E-state index contributed by atoms with van der Waals surface area (Å²) in [6.07, 6.45) is -8.48. The topological polar surface area (TPSA) is 101 Å². The molecule has 1 aromatic rings. The number of hydrogen-bond donors (Lipinski definition) is 2. The lowest BCUT2D eigenvalue weighted by Crippen LogP contribution is -2.41. The quantitative estimate of drug-likeness (QED) is 0.323.